The van der Waals surface area contributed by atoms with E-state index in [1.807, 2.05) is 6.08 Å². The molecule has 0 aromatic heterocycles. The highest BCUT2D eigenvalue weighted by Gasteiger charge is 2.44. The maximum atomic E-state index is 13.0. The van der Waals surface area contributed by atoms with E-state index in [1.54, 1.807) is 6.08 Å². The van der Waals surface area contributed by atoms with Gasteiger partial charge >= 0.3 is 0 Å². The Morgan fingerprint density at radius 2 is 0.778 bits per heavy atom. The number of aliphatic hydroxyl groups is 5. The fourth-order valence-electron chi connectivity index (χ4n) is 10.3. The van der Waals surface area contributed by atoms with Gasteiger partial charge in [0.15, 0.2) is 6.29 Å². The van der Waals surface area contributed by atoms with Crippen LogP contribution in [0.25, 0.3) is 0 Å². The Morgan fingerprint density at radius 3 is 1.12 bits per heavy atom. The van der Waals surface area contributed by atoms with Gasteiger partial charge in [-0.25, -0.2) is 0 Å². The molecule has 0 spiro atoms. The third-order valence-corrected chi connectivity index (χ3v) is 15.3. The minimum atomic E-state index is -1.56. The summed E-state index contributed by atoms with van der Waals surface area (Å²) in [6.45, 7) is 3.80. The molecule has 1 aliphatic heterocycles. The smallest absolute Gasteiger partial charge is 0.220 e. The third kappa shape index (κ3) is 41.9. The lowest BCUT2D eigenvalue weighted by Crippen LogP contribution is -2.60. The zero-order chi connectivity index (χ0) is 52.2. The van der Waals surface area contributed by atoms with E-state index < -0.39 is 49.5 Å². The predicted molar refractivity (Wildman–Crippen MR) is 304 cm³/mol. The zero-order valence-corrected chi connectivity index (χ0v) is 47.5. The molecule has 0 aromatic rings. The van der Waals surface area contributed by atoms with Crippen molar-refractivity contribution in [1.29, 1.82) is 0 Å². The van der Waals surface area contributed by atoms with Crippen LogP contribution < -0.4 is 5.32 Å². The minimum absolute atomic E-state index is 0.173. The molecule has 9 heteroatoms. The van der Waals surface area contributed by atoms with Gasteiger partial charge in [0, 0.05) is 6.42 Å². The first kappa shape index (κ1) is 68.7. The molecular weight excluding hydrogens is 899 g/mol. The molecular formula is C63H121NO8. The topological polar surface area (TPSA) is 149 Å². The van der Waals surface area contributed by atoms with Crippen molar-refractivity contribution >= 4 is 5.91 Å². The summed E-state index contributed by atoms with van der Waals surface area (Å²) in [5.41, 5.74) is 0. The largest absolute Gasteiger partial charge is 0.394 e. The predicted octanol–water partition coefficient (Wildman–Crippen LogP) is 16.1. The number of hydrogen-bond acceptors (Lipinski definition) is 8. The van der Waals surface area contributed by atoms with E-state index in [-0.39, 0.29) is 12.5 Å². The lowest BCUT2D eigenvalue weighted by molar-refractivity contribution is -0.302. The molecule has 0 saturated carbocycles. The molecule has 426 valence electrons. The van der Waals surface area contributed by atoms with Crippen LogP contribution in [0.4, 0.5) is 0 Å². The Labute approximate surface area is 445 Å². The second-order valence-electron chi connectivity index (χ2n) is 22.2. The van der Waals surface area contributed by atoms with Crippen molar-refractivity contribution in [1.82, 2.24) is 5.32 Å². The molecule has 7 unspecified atom stereocenters. The van der Waals surface area contributed by atoms with E-state index in [9.17, 15) is 30.3 Å². The van der Waals surface area contributed by atoms with Gasteiger partial charge in [-0.3, -0.25) is 4.79 Å². The average Bonchev–Trinajstić information content (AvgIpc) is 3.38. The first-order valence-electron chi connectivity index (χ1n) is 31.6. The Bertz CT molecular complexity index is 1180. The summed E-state index contributed by atoms with van der Waals surface area (Å²) in [6, 6.07) is -0.801. The van der Waals surface area contributed by atoms with E-state index in [0.717, 1.165) is 38.5 Å². The van der Waals surface area contributed by atoms with Crippen LogP contribution in [0.2, 0.25) is 0 Å². The maximum absolute atomic E-state index is 13.0. The number of amides is 1. The first-order chi connectivity index (χ1) is 35.3. The van der Waals surface area contributed by atoms with E-state index in [4.69, 9.17) is 9.47 Å². The van der Waals surface area contributed by atoms with Crippen LogP contribution in [-0.2, 0) is 14.3 Å². The molecule has 0 radical (unpaired) electrons. The van der Waals surface area contributed by atoms with Crippen LogP contribution in [0.15, 0.2) is 24.3 Å². The summed E-state index contributed by atoms with van der Waals surface area (Å²) in [5, 5.41) is 54.4. The number of ether oxygens (including phenoxy) is 2. The Morgan fingerprint density at radius 1 is 0.458 bits per heavy atom. The molecule has 1 rings (SSSR count). The molecule has 0 aliphatic carbocycles. The molecule has 1 amide bonds. The van der Waals surface area contributed by atoms with Gasteiger partial charge in [0.1, 0.15) is 24.4 Å². The van der Waals surface area contributed by atoms with Gasteiger partial charge in [0.2, 0.25) is 5.91 Å². The number of aliphatic hydroxyl groups excluding tert-OH is 5. The third-order valence-electron chi connectivity index (χ3n) is 15.3. The number of allylic oxidation sites excluding steroid dienone is 3. The zero-order valence-electron chi connectivity index (χ0n) is 47.5. The van der Waals surface area contributed by atoms with Crippen molar-refractivity contribution in [3.8, 4) is 0 Å². The van der Waals surface area contributed by atoms with Crippen molar-refractivity contribution in [2.24, 2.45) is 0 Å². The molecule has 1 aliphatic rings. The van der Waals surface area contributed by atoms with E-state index in [2.05, 4.69) is 31.3 Å². The maximum Gasteiger partial charge on any atom is 0.220 e. The monoisotopic (exact) mass is 1020 g/mol. The second-order valence-corrected chi connectivity index (χ2v) is 22.2. The fourth-order valence-corrected chi connectivity index (χ4v) is 10.3. The molecule has 0 aromatic carbocycles. The van der Waals surface area contributed by atoms with Gasteiger partial charge < -0.3 is 40.3 Å². The molecule has 7 atom stereocenters. The van der Waals surface area contributed by atoms with Crippen LogP contribution in [-0.4, -0.2) is 87.5 Å². The van der Waals surface area contributed by atoms with Crippen LogP contribution in [0.3, 0.4) is 0 Å². The van der Waals surface area contributed by atoms with Crippen molar-refractivity contribution in [2.75, 3.05) is 13.2 Å². The molecule has 72 heavy (non-hydrogen) atoms. The number of rotatable bonds is 55. The summed E-state index contributed by atoms with van der Waals surface area (Å²) in [6.07, 6.45) is 61.5. The van der Waals surface area contributed by atoms with Crippen molar-refractivity contribution in [2.45, 2.75) is 358 Å². The highest BCUT2D eigenvalue weighted by atomic mass is 16.7. The average molecular weight is 1020 g/mol. The van der Waals surface area contributed by atoms with Gasteiger partial charge in [-0.2, -0.15) is 0 Å². The summed E-state index contributed by atoms with van der Waals surface area (Å²) in [7, 11) is 0. The lowest BCUT2D eigenvalue weighted by Gasteiger charge is -2.40. The summed E-state index contributed by atoms with van der Waals surface area (Å²) in [5.74, 6) is -0.173. The van der Waals surface area contributed by atoms with Crippen molar-refractivity contribution < 1.29 is 39.8 Å². The highest BCUT2D eigenvalue weighted by Crippen LogP contribution is 2.23. The Kier molecular flexibility index (Phi) is 50.6. The summed E-state index contributed by atoms with van der Waals surface area (Å²) in [4.78, 5) is 13.0. The summed E-state index contributed by atoms with van der Waals surface area (Å²) < 4.78 is 11.3. The fraction of sp³-hybridized carbons (Fsp3) is 0.921. The van der Waals surface area contributed by atoms with Crippen LogP contribution in [0, 0.1) is 0 Å². The first-order valence-corrected chi connectivity index (χ1v) is 31.6. The normalized spacial score (nSPS) is 19.2. The van der Waals surface area contributed by atoms with Crippen LogP contribution in [0.5, 0.6) is 0 Å². The van der Waals surface area contributed by atoms with E-state index in [0.29, 0.717) is 6.42 Å². The SMILES string of the molecule is CCCCCCCCCCCC/C=C/C(O)C(COC1OC(CO)C(O)C(O)C1O)NC(=O)CCCCCCCCCCCCCCCCCCC/C=C\CCCCCCCCCCCCCCCCCC. The van der Waals surface area contributed by atoms with Crippen LogP contribution >= 0.6 is 0 Å². The molecule has 1 heterocycles. The Balaban J connectivity index is 2.03. The van der Waals surface area contributed by atoms with Gasteiger partial charge in [0.05, 0.1) is 25.4 Å². The lowest BCUT2D eigenvalue weighted by atomic mass is 9.99. The van der Waals surface area contributed by atoms with E-state index >= 15 is 0 Å². The van der Waals surface area contributed by atoms with Gasteiger partial charge in [-0.05, 0) is 44.9 Å². The van der Waals surface area contributed by atoms with Crippen molar-refractivity contribution in [3.05, 3.63) is 24.3 Å². The molecule has 1 fully saturated rings. The molecule has 1 saturated heterocycles. The van der Waals surface area contributed by atoms with Crippen LogP contribution in [0.1, 0.15) is 316 Å². The molecule has 0 bridgehead atoms. The number of nitrogens with one attached hydrogen (secondary N) is 1. The second kappa shape index (κ2) is 53.1. The van der Waals surface area contributed by atoms with E-state index in [1.165, 1.54) is 257 Å². The highest BCUT2D eigenvalue weighted by molar-refractivity contribution is 5.76. The van der Waals surface area contributed by atoms with Gasteiger partial charge in [0.25, 0.3) is 0 Å². The van der Waals surface area contributed by atoms with Gasteiger partial charge in [-0.15, -0.1) is 0 Å². The number of hydrogen-bond donors (Lipinski definition) is 6. The molecule has 9 nitrogen and oxygen atoms in total. The molecule has 6 N–H and O–H groups in total. The quantitative estimate of drug-likeness (QED) is 0.0261. The number of carbonyl (C=O) groups is 1. The number of carbonyl (C=O) groups excluding carboxylic acids is 1. The number of unbranched alkanes of at least 4 members (excludes halogenated alkanes) is 43. The minimum Gasteiger partial charge on any atom is -0.394 e. The summed E-state index contributed by atoms with van der Waals surface area (Å²) >= 11 is 0. The Hall–Kier alpha value is -1.33. The standard InChI is InChI=1S/C63H121NO8/c1-3-5-7-9-11-13-15-17-18-19-20-21-22-23-24-25-26-27-28-29-30-31-32-33-34-35-36-37-38-39-40-41-43-45-47-49-51-53-59(67)64-56(55-71-63-62(70)61(69)60(68)58(54-65)72-63)57(66)52-50-48-46-44-42-16-14-12-10-8-6-4-2/h27-28,50,52,56-58,60-63,65-66,68-70H,3-26,29-49,51,53-55H2,1-2H3,(H,64,67)/b28-27-,52-50+. The van der Waals surface area contributed by atoms with Gasteiger partial charge in [-0.1, -0.05) is 289 Å². The van der Waals surface area contributed by atoms with Crippen molar-refractivity contribution in [3.63, 3.8) is 0 Å².